The molecule has 2 aromatic rings. The Morgan fingerprint density at radius 1 is 1.19 bits per heavy atom. The van der Waals surface area contributed by atoms with Crippen LogP contribution in [0, 0.1) is 0 Å². The van der Waals surface area contributed by atoms with Gasteiger partial charge in [-0.2, -0.15) is 4.98 Å². The summed E-state index contributed by atoms with van der Waals surface area (Å²) in [6.07, 6.45) is -1.22. The quantitative estimate of drug-likeness (QED) is 0.674. The van der Waals surface area contributed by atoms with Crippen LogP contribution in [0.15, 0.2) is 12.7 Å². The van der Waals surface area contributed by atoms with E-state index in [1.54, 1.807) is 0 Å². The van der Waals surface area contributed by atoms with Gasteiger partial charge in [-0.3, -0.25) is 4.57 Å². The maximum atomic E-state index is 10.4. The molecule has 0 spiro atoms. The minimum atomic E-state index is -2.01. The van der Waals surface area contributed by atoms with E-state index in [-0.39, 0.29) is 23.0 Å². The van der Waals surface area contributed by atoms with Crippen LogP contribution >= 0.6 is 0 Å². The van der Waals surface area contributed by atoms with E-state index in [0.717, 1.165) is 0 Å². The highest BCUT2D eigenvalue weighted by molar-refractivity contribution is 6.74. The molecule has 1 aliphatic heterocycles. The Kier molecular flexibility index (Phi) is 4.82. The standard InChI is InChI=1S/C16H26N4O5Si/c1-16(2,3)26(4,5)24-6-9-11(21)12(22)15(25-9)20-8-19-10-13(20)17-7-18-14(10)23/h7-9,11-12,15,21-22H,6H2,1-5H3,(H,17,18,23)/t9-,11?,12?,15-/m1/s1. The lowest BCUT2D eigenvalue weighted by Crippen LogP contribution is -2.44. The lowest BCUT2D eigenvalue weighted by Gasteiger charge is -2.37. The van der Waals surface area contributed by atoms with Gasteiger partial charge in [0.1, 0.15) is 24.6 Å². The number of imidazole rings is 1. The Labute approximate surface area is 152 Å². The minimum Gasteiger partial charge on any atom is -0.492 e. The second-order valence-corrected chi connectivity index (χ2v) is 12.9. The van der Waals surface area contributed by atoms with E-state index in [0.29, 0.717) is 5.65 Å². The molecule has 3 rings (SSSR count). The van der Waals surface area contributed by atoms with Gasteiger partial charge in [-0.05, 0) is 18.1 Å². The molecule has 2 aromatic heterocycles. The van der Waals surface area contributed by atoms with Gasteiger partial charge in [-0.25, -0.2) is 9.97 Å². The van der Waals surface area contributed by atoms with Crippen LogP contribution in [0.4, 0.5) is 0 Å². The lowest BCUT2D eigenvalue weighted by atomic mass is 10.1. The zero-order valence-electron chi connectivity index (χ0n) is 15.6. The van der Waals surface area contributed by atoms with Crippen molar-refractivity contribution in [2.45, 2.75) is 63.4 Å². The SMILES string of the molecule is CC(C)(C)[Si](C)(C)OC[C@H]1O[C@@H](n2cnc3c(O)ncnc32)C(O)C1O. The molecule has 1 saturated heterocycles. The molecule has 0 radical (unpaired) electrons. The third-order valence-corrected chi connectivity index (χ3v) is 9.87. The maximum absolute atomic E-state index is 10.4. The zero-order valence-corrected chi connectivity index (χ0v) is 16.6. The van der Waals surface area contributed by atoms with Crippen molar-refractivity contribution in [3.8, 4) is 5.88 Å². The average molecular weight is 382 g/mol. The first kappa shape index (κ1) is 19.2. The number of hydrogen-bond donors (Lipinski definition) is 3. The van der Waals surface area contributed by atoms with Crippen LogP contribution in [-0.2, 0) is 9.16 Å². The van der Waals surface area contributed by atoms with Crippen LogP contribution in [0.25, 0.3) is 11.2 Å². The Bertz CT molecular complexity index is 791. The first-order valence-electron chi connectivity index (χ1n) is 8.55. The molecule has 0 amide bonds. The first-order valence-corrected chi connectivity index (χ1v) is 11.5. The van der Waals surface area contributed by atoms with Gasteiger partial charge in [0.25, 0.3) is 0 Å². The molecule has 26 heavy (non-hydrogen) atoms. The summed E-state index contributed by atoms with van der Waals surface area (Å²) in [4.78, 5) is 11.8. The van der Waals surface area contributed by atoms with Gasteiger partial charge < -0.3 is 24.5 Å². The number of nitrogens with zero attached hydrogens (tertiary/aromatic N) is 4. The van der Waals surface area contributed by atoms with Crippen LogP contribution in [0.5, 0.6) is 5.88 Å². The molecule has 9 nitrogen and oxygen atoms in total. The smallest absolute Gasteiger partial charge is 0.242 e. The highest BCUT2D eigenvalue weighted by Crippen LogP contribution is 2.38. The van der Waals surface area contributed by atoms with Crippen molar-refractivity contribution in [1.82, 2.24) is 19.5 Å². The summed E-state index contributed by atoms with van der Waals surface area (Å²) in [5, 5.41) is 30.6. The van der Waals surface area contributed by atoms with Crippen LogP contribution in [0.2, 0.25) is 18.1 Å². The number of fused-ring (bicyclic) bond motifs is 1. The summed E-state index contributed by atoms with van der Waals surface area (Å²) in [6, 6.07) is 0. The fraction of sp³-hybridized carbons (Fsp3) is 0.688. The number of hydrogen-bond acceptors (Lipinski definition) is 8. The molecule has 0 saturated carbocycles. The van der Waals surface area contributed by atoms with Crippen molar-refractivity contribution in [3.05, 3.63) is 12.7 Å². The van der Waals surface area contributed by atoms with Crippen LogP contribution < -0.4 is 0 Å². The predicted molar refractivity (Wildman–Crippen MR) is 96.1 cm³/mol. The van der Waals surface area contributed by atoms with Gasteiger partial charge in [0.2, 0.25) is 5.88 Å². The number of rotatable bonds is 4. The summed E-state index contributed by atoms with van der Waals surface area (Å²) in [6.45, 7) is 10.8. The molecule has 0 aliphatic carbocycles. The second-order valence-electron chi connectivity index (χ2n) is 8.14. The number of aromatic nitrogens is 4. The van der Waals surface area contributed by atoms with Crippen molar-refractivity contribution < 1.29 is 24.5 Å². The lowest BCUT2D eigenvalue weighted by molar-refractivity contribution is -0.0491. The molecule has 3 heterocycles. The molecule has 0 bridgehead atoms. The van der Waals surface area contributed by atoms with Gasteiger partial charge in [0.15, 0.2) is 25.7 Å². The van der Waals surface area contributed by atoms with Crippen molar-refractivity contribution >= 4 is 19.5 Å². The zero-order chi connectivity index (χ0) is 19.3. The summed E-state index contributed by atoms with van der Waals surface area (Å²) in [5.41, 5.74) is 0.526. The third-order valence-electron chi connectivity index (χ3n) is 5.37. The fourth-order valence-corrected chi connectivity index (χ4v) is 3.64. The van der Waals surface area contributed by atoms with Gasteiger partial charge in [0.05, 0.1) is 12.9 Å². The Balaban J connectivity index is 1.78. The number of aliphatic hydroxyl groups excluding tert-OH is 2. The molecule has 2 unspecified atom stereocenters. The van der Waals surface area contributed by atoms with E-state index in [1.165, 1.54) is 17.2 Å². The van der Waals surface area contributed by atoms with Crippen LogP contribution in [-0.4, -0.2) is 68.1 Å². The van der Waals surface area contributed by atoms with Gasteiger partial charge in [0, 0.05) is 0 Å². The van der Waals surface area contributed by atoms with Crippen molar-refractivity contribution in [2.75, 3.05) is 6.61 Å². The van der Waals surface area contributed by atoms with E-state index < -0.39 is 32.9 Å². The summed E-state index contributed by atoms with van der Waals surface area (Å²) < 4.78 is 13.5. The fourth-order valence-electron chi connectivity index (χ4n) is 2.63. The number of ether oxygens (including phenoxy) is 1. The number of aliphatic hydroxyl groups is 2. The molecule has 144 valence electrons. The van der Waals surface area contributed by atoms with E-state index in [9.17, 15) is 15.3 Å². The van der Waals surface area contributed by atoms with E-state index in [1.807, 2.05) is 0 Å². The average Bonchev–Trinajstić information content (AvgIpc) is 3.08. The van der Waals surface area contributed by atoms with Gasteiger partial charge in [-0.15, -0.1) is 0 Å². The molecular formula is C16H26N4O5Si. The van der Waals surface area contributed by atoms with Gasteiger partial charge in [-0.1, -0.05) is 20.8 Å². The number of aromatic hydroxyl groups is 1. The molecule has 1 fully saturated rings. The Morgan fingerprint density at radius 3 is 2.54 bits per heavy atom. The molecule has 0 aromatic carbocycles. The third kappa shape index (κ3) is 3.23. The molecular weight excluding hydrogens is 356 g/mol. The molecule has 1 aliphatic rings. The minimum absolute atomic E-state index is 0.0313. The Morgan fingerprint density at radius 2 is 1.88 bits per heavy atom. The van der Waals surface area contributed by atoms with E-state index in [2.05, 4.69) is 48.8 Å². The molecule has 3 N–H and O–H groups in total. The summed E-state index contributed by atoms with van der Waals surface area (Å²) in [7, 11) is -2.01. The molecule has 4 atom stereocenters. The summed E-state index contributed by atoms with van der Waals surface area (Å²) >= 11 is 0. The highest BCUT2D eigenvalue weighted by atomic mass is 28.4. The van der Waals surface area contributed by atoms with Crippen LogP contribution in [0.3, 0.4) is 0 Å². The summed E-state index contributed by atoms with van der Waals surface area (Å²) in [5.74, 6) is -0.250. The Hall–Kier alpha value is -1.59. The molecule has 10 heteroatoms. The first-order chi connectivity index (χ1) is 12.0. The largest absolute Gasteiger partial charge is 0.492 e. The van der Waals surface area contributed by atoms with Crippen LogP contribution in [0.1, 0.15) is 27.0 Å². The van der Waals surface area contributed by atoms with E-state index >= 15 is 0 Å². The van der Waals surface area contributed by atoms with Gasteiger partial charge >= 0.3 is 0 Å². The monoisotopic (exact) mass is 382 g/mol. The topological polar surface area (TPSA) is 123 Å². The van der Waals surface area contributed by atoms with Crippen molar-refractivity contribution in [2.24, 2.45) is 0 Å². The second kappa shape index (κ2) is 6.53. The van der Waals surface area contributed by atoms with Crippen molar-refractivity contribution in [1.29, 1.82) is 0 Å². The normalized spacial score (nSPS) is 27.3. The highest BCUT2D eigenvalue weighted by Gasteiger charge is 2.46. The predicted octanol–water partition coefficient (Wildman–Crippen LogP) is 1.17. The van der Waals surface area contributed by atoms with E-state index in [4.69, 9.17) is 9.16 Å². The van der Waals surface area contributed by atoms with Crippen molar-refractivity contribution in [3.63, 3.8) is 0 Å². The maximum Gasteiger partial charge on any atom is 0.242 e.